The van der Waals surface area contributed by atoms with E-state index in [-0.39, 0.29) is 37.5 Å². The third kappa shape index (κ3) is 10.6. The van der Waals surface area contributed by atoms with E-state index in [2.05, 4.69) is 10.6 Å². The van der Waals surface area contributed by atoms with Crippen molar-refractivity contribution in [2.45, 2.75) is 84.5 Å². The predicted octanol–water partition coefficient (Wildman–Crippen LogP) is 3.97. The second-order valence-electron chi connectivity index (χ2n) is 10.9. The summed E-state index contributed by atoms with van der Waals surface area (Å²) >= 11 is 0. The summed E-state index contributed by atoms with van der Waals surface area (Å²) in [5.41, 5.74) is 0.173. The molecular weight excluding hydrogens is 542 g/mol. The van der Waals surface area contributed by atoms with Gasteiger partial charge in [0, 0.05) is 19.0 Å². The maximum Gasteiger partial charge on any atom is 0.408 e. The van der Waals surface area contributed by atoms with Gasteiger partial charge in [-0.3, -0.25) is 14.4 Å². The molecule has 11 nitrogen and oxygen atoms in total. The summed E-state index contributed by atoms with van der Waals surface area (Å²) in [6, 6.07) is 9.42. The summed E-state index contributed by atoms with van der Waals surface area (Å²) in [7, 11) is 0. The summed E-state index contributed by atoms with van der Waals surface area (Å²) in [6.07, 6.45) is -0.359. The number of carbonyl (C=O) groups excluding carboxylic acids is 4. The van der Waals surface area contributed by atoms with Crippen LogP contribution in [0.15, 0.2) is 48.5 Å². The zero-order valence-electron chi connectivity index (χ0n) is 25.2. The first-order valence-corrected chi connectivity index (χ1v) is 14.1. The number of benzene rings is 2. The molecule has 2 aromatic rings. The summed E-state index contributed by atoms with van der Waals surface area (Å²) in [6.45, 7) is 10.6. The van der Waals surface area contributed by atoms with Crippen molar-refractivity contribution >= 4 is 23.9 Å². The first kappa shape index (κ1) is 33.9. The molecule has 0 saturated heterocycles. The lowest BCUT2D eigenvalue weighted by Gasteiger charge is -2.38. The smallest absolute Gasteiger partial charge is 0.408 e. The number of amides is 3. The maximum atomic E-state index is 14.4. The molecule has 0 aliphatic heterocycles. The highest BCUT2D eigenvalue weighted by atomic mass is 16.6. The summed E-state index contributed by atoms with van der Waals surface area (Å²) in [5.74, 6) is -1.65. The third-order valence-electron chi connectivity index (χ3n) is 6.33. The number of hydrogen-bond acceptors (Lipinski definition) is 8. The number of nitrogens with one attached hydrogen (secondary N) is 2. The molecule has 3 unspecified atom stereocenters. The lowest BCUT2D eigenvalue weighted by Crippen LogP contribution is -2.56. The fraction of sp³-hybridized carbons (Fsp3) is 0.484. The van der Waals surface area contributed by atoms with E-state index in [4.69, 9.17) is 9.47 Å². The second kappa shape index (κ2) is 15.6. The van der Waals surface area contributed by atoms with E-state index < -0.39 is 47.6 Å². The zero-order valence-corrected chi connectivity index (χ0v) is 25.2. The van der Waals surface area contributed by atoms with E-state index in [0.29, 0.717) is 17.5 Å². The van der Waals surface area contributed by atoms with Gasteiger partial charge in [-0.15, -0.1) is 0 Å². The molecule has 230 valence electrons. The minimum atomic E-state index is -1.20. The van der Waals surface area contributed by atoms with Crippen LogP contribution in [0.2, 0.25) is 0 Å². The van der Waals surface area contributed by atoms with Crippen LogP contribution in [0.5, 0.6) is 11.5 Å². The summed E-state index contributed by atoms with van der Waals surface area (Å²) in [4.78, 5) is 54.2. The Labute approximate surface area is 247 Å². The van der Waals surface area contributed by atoms with E-state index in [1.54, 1.807) is 58.9 Å². The van der Waals surface area contributed by atoms with Gasteiger partial charge in [-0.2, -0.15) is 0 Å². The van der Waals surface area contributed by atoms with Gasteiger partial charge in [0.1, 0.15) is 29.2 Å². The van der Waals surface area contributed by atoms with Crippen molar-refractivity contribution in [1.29, 1.82) is 0 Å². The number of nitrogens with zero attached hydrogens (tertiary/aromatic N) is 1. The Kier molecular flexibility index (Phi) is 12.6. The number of phenolic OH excluding ortho intramolecular Hbond substituents is 2. The van der Waals surface area contributed by atoms with E-state index in [1.165, 1.54) is 29.2 Å². The van der Waals surface area contributed by atoms with Crippen LogP contribution in [-0.4, -0.2) is 69.8 Å². The van der Waals surface area contributed by atoms with Crippen LogP contribution in [0.4, 0.5) is 4.79 Å². The monoisotopic (exact) mass is 585 g/mol. The Balaban J connectivity index is 2.53. The summed E-state index contributed by atoms with van der Waals surface area (Å²) < 4.78 is 10.4. The largest absolute Gasteiger partial charge is 0.508 e. The molecule has 2 rings (SSSR count). The Morgan fingerprint density at radius 2 is 1.64 bits per heavy atom. The Hall–Kier alpha value is -4.28. The van der Waals surface area contributed by atoms with Crippen LogP contribution in [0.25, 0.3) is 0 Å². The maximum absolute atomic E-state index is 14.4. The van der Waals surface area contributed by atoms with Crippen molar-refractivity contribution < 1.29 is 38.9 Å². The number of rotatable bonds is 13. The van der Waals surface area contributed by atoms with Crippen LogP contribution in [0.3, 0.4) is 0 Å². The van der Waals surface area contributed by atoms with Gasteiger partial charge in [-0.25, -0.2) is 4.79 Å². The SMILES string of the molecule is CCOC(=O)CCNC(=O)C(c1cccc(O)c1)N(C(=O)C(Cc1ccc(O)cc1)NC(=O)OC(C)(C)C)C(C)CC. The molecular formula is C31H43N3O8. The van der Waals surface area contributed by atoms with Gasteiger partial charge in [0.05, 0.1) is 13.0 Å². The molecule has 0 radical (unpaired) electrons. The van der Waals surface area contributed by atoms with Gasteiger partial charge in [0.25, 0.3) is 0 Å². The average molecular weight is 586 g/mol. The molecule has 4 N–H and O–H groups in total. The van der Waals surface area contributed by atoms with Crippen LogP contribution < -0.4 is 10.6 Å². The van der Waals surface area contributed by atoms with Gasteiger partial charge in [-0.05, 0) is 76.4 Å². The standard InChI is InChI=1S/C31H43N3O8/c1-7-20(3)34(27(22-10-9-11-24(36)19-22)28(38)32-17-16-26(37)41-8-2)29(39)25(33-30(40)42-31(4,5)6)18-21-12-14-23(35)15-13-21/h9-15,19-20,25,27,35-36H,7-8,16-18H2,1-6H3,(H,32,38)(H,33,40). The topological polar surface area (TPSA) is 154 Å². The van der Waals surface area contributed by atoms with E-state index >= 15 is 0 Å². The average Bonchev–Trinajstić information content (AvgIpc) is 2.90. The molecule has 0 heterocycles. The van der Waals surface area contributed by atoms with E-state index in [9.17, 15) is 29.4 Å². The molecule has 0 bridgehead atoms. The van der Waals surface area contributed by atoms with Crippen molar-refractivity contribution in [2.75, 3.05) is 13.2 Å². The first-order valence-electron chi connectivity index (χ1n) is 14.1. The predicted molar refractivity (Wildman–Crippen MR) is 157 cm³/mol. The molecule has 0 aliphatic rings. The molecule has 0 aliphatic carbocycles. The minimum absolute atomic E-state index is 0.0252. The molecule has 3 amide bonds. The lowest BCUT2D eigenvalue weighted by atomic mass is 9.97. The Morgan fingerprint density at radius 1 is 0.976 bits per heavy atom. The highest BCUT2D eigenvalue weighted by Crippen LogP contribution is 2.29. The van der Waals surface area contributed by atoms with Gasteiger partial charge >= 0.3 is 12.1 Å². The number of carbonyl (C=O) groups is 4. The molecule has 0 fully saturated rings. The molecule has 42 heavy (non-hydrogen) atoms. The fourth-order valence-electron chi connectivity index (χ4n) is 4.24. The molecule has 3 atom stereocenters. The van der Waals surface area contributed by atoms with Gasteiger partial charge in [0.15, 0.2) is 0 Å². The van der Waals surface area contributed by atoms with Crippen LogP contribution >= 0.6 is 0 Å². The van der Waals surface area contributed by atoms with Crippen molar-refractivity contribution in [2.24, 2.45) is 0 Å². The highest BCUT2D eigenvalue weighted by Gasteiger charge is 2.38. The van der Waals surface area contributed by atoms with Crippen LogP contribution in [-0.2, 0) is 30.3 Å². The number of aromatic hydroxyl groups is 2. The lowest BCUT2D eigenvalue weighted by molar-refractivity contribution is -0.146. The van der Waals surface area contributed by atoms with E-state index in [0.717, 1.165) is 0 Å². The molecule has 2 aromatic carbocycles. The van der Waals surface area contributed by atoms with Gasteiger partial charge in [-0.1, -0.05) is 31.2 Å². The zero-order chi connectivity index (χ0) is 31.4. The second-order valence-corrected chi connectivity index (χ2v) is 10.9. The third-order valence-corrected chi connectivity index (χ3v) is 6.33. The van der Waals surface area contributed by atoms with Crippen LogP contribution in [0, 0.1) is 0 Å². The normalized spacial score (nSPS) is 13.3. The molecule has 0 aromatic heterocycles. The quantitative estimate of drug-likeness (QED) is 0.258. The van der Waals surface area contributed by atoms with Gasteiger partial charge in [0.2, 0.25) is 11.8 Å². The number of esters is 1. The highest BCUT2D eigenvalue weighted by molar-refractivity contribution is 5.92. The Morgan fingerprint density at radius 3 is 2.21 bits per heavy atom. The Bertz CT molecular complexity index is 1210. The minimum Gasteiger partial charge on any atom is -0.508 e. The number of phenols is 2. The fourth-order valence-corrected chi connectivity index (χ4v) is 4.24. The van der Waals surface area contributed by atoms with Crippen molar-refractivity contribution in [1.82, 2.24) is 15.5 Å². The van der Waals surface area contributed by atoms with Crippen LogP contribution in [0.1, 0.15) is 71.6 Å². The van der Waals surface area contributed by atoms with Gasteiger partial charge < -0.3 is 35.2 Å². The number of hydrogen-bond donors (Lipinski definition) is 4. The van der Waals surface area contributed by atoms with Crippen molar-refractivity contribution in [3.8, 4) is 11.5 Å². The summed E-state index contributed by atoms with van der Waals surface area (Å²) in [5, 5.41) is 25.3. The van der Waals surface area contributed by atoms with E-state index in [1.807, 2.05) is 6.92 Å². The number of ether oxygens (including phenoxy) is 2. The molecule has 0 spiro atoms. The number of alkyl carbamates (subject to hydrolysis) is 1. The molecule has 11 heteroatoms. The molecule has 0 saturated carbocycles. The first-order chi connectivity index (χ1) is 19.7. The van der Waals surface area contributed by atoms with Crippen molar-refractivity contribution in [3.63, 3.8) is 0 Å². The van der Waals surface area contributed by atoms with Crippen molar-refractivity contribution in [3.05, 3.63) is 59.7 Å².